The number of thiophene rings is 1. The number of aromatic nitrogens is 2. The van der Waals surface area contributed by atoms with Crippen LogP contribution in [0.5, 0.6) is 0 Å². The van der Waals surface area contributed by atoms with Gasteiger partial charge in [0.2, 0.25) is 5.91 Å². The predicted octanol–water partition coefficient (Wildman–Crippen LogP) is 2.26. The van der Waals surface area contributed by atoms with E-state index in [0.29, 0.717) is 13.0 Å². The molecule has 1 atom stereocenters. The fourth-order valence-electron chi connectivity index (χ4n) is 3.67. The van der Waals surface area contributed by atoms with Crippen LogP contribution in [0.3, 0.4) is 0 Å². The first-order chi connectivity index (χ1) is 12.0. The lowest BCUT2D eigenvalue weighted by atomic mass is 10.2. The van der Waals surface area contributed by atoms with E-state index < -0.39 is 0 Å². The molecule has 1 aliphatic rings. The number of anilines is 1. The molecule has 0 unspecified atom stereocenters. The summed E-state index contributed by atoms with van der Waals surface area (Å²) in [5.41, 5.74) is 6.98. The maximum atomic E-state index is 11.9. The Labute approximate surface area is 153 Å². The van der Waals surface area contributed by atoms with E-state index in [1.807, 2.05) is 11.8 Å². The van der Waals surface area contributed by atoms with Gasteiger partial charge in [0, 0.05) is 37.9 Å². The molecular formula is C18H27N5OS. The molecule has 3 heterocycles. The quantitative estimate of drug-likeness (QED) is 0.884. The van der Waals surface area contributed by atoms with E-state index in [1.54, 1.807) is 18.3 Å². The smallest absolute Gasteiger partial charge is 0.219 e. The molecule has 25 heavy (non-hydrogen) atoms. The van der Waals surface area contributed by atoms with Gasteiger partial charge in [-0.05, 0) is 39.3 Å². The van der Waals surface area contributed by atoms with Crippen molar-refractivity contribution in [2.45, 2.75) is 46.6 Å². The van der Waals surface area contributed by atoms with Gasteiger partial charge in [0.05, 0.1) is 11.4 Å². The fourth-order valence-corrected chi connectivity index (χ4v) is 4.71. The maximum Gasteiger partial charge on any atom is 0.219 e. The second-order valence-electron chi connectivity index (χ2n) is 6.66. The van der Waals surface area contributed by atoms with E-state index in [9.17, 15) is 4.79 Å². The van der Waals surface area contributed by atoms with Crippen LogP contribution < -0.4 is 10.6 Å². The summed E-state index contributed by atoms with van der Waals surface area (Å²) in [5.74, 6) is 1.97. The van der Waals surface area contributed by atoms with Crippen molar-refractivity contribution >= 4 is 33.3 Å². The van der Waals surface area contributed by atoms with Crippen molar-refractivity contribution in [1.29, 1.82) is 0 Å². The van der Waals surface area contributed by atoms with E-state index in [4.69, 9.17) is 15.7 Å². The maximum absolute atomic E-state index is 11.9. The van der Waals surface area contributed by atoms with E-state index in [2.05, 4.69) is 18.7 Å². The van der Waals surface area contributed by atoms with E-state index in [1.165, 1.54) is 10.4 Å². The Kier molecular flexibility index (Phi) is 5.24. The molecule has 0 bridgehead atoms. The number of carbonyl (C=O) groups is 1. The zero-order chi connectivity index (χ0) is 18.1. The molecule has 1 aliphatic heterocycles. The average molecular weight is 362 g/mol. The first-order valence-corrected chi connectivity index (χ1v) is 9.76. The number of fused-ring (bicyclic) bond motifs is 1. The summed E-state index contributed by atoms with van der Waals surface area (Å²) < 4.78 is 0. The molecule has 0 radical (unpaired) electrons. The van der Waals surface area contributed by atoms with Crippen LogP contribution in [0.1, 0.15) is 36.5 Å². The highest BCUT2D eigenvalue weighted by Gasteiger charge is 2.31. The first-order valence-electron chi connectivity index (χ1n) is 8.95. The number of rotatable bonds is 5. The number of hydrogen-bond donors (Lipinski definition) is 1. The molecule has 7 heteroatoms. The van der Waals surface area contributed by atoms with Crippen LogP contribution in [0.25, 0.3) is 10.2 Å². The minimum atomic E-state index is 0.147. The van der Waals surface area contributed by atoms with Crippen molar-refractivity contribution < 1.29 is 4.79 Å². The molecule has 136 valence electrons. The molecule has 2 aromatic rings. The van der Waals surface area contributed by atoms with Gasteiger partial charge in [-0.1, -0.05) is 0 Å². The molecule has 0 saturated carbocycles. The Bertz CT molecular complexity index is 787. The summed E-state index contributed by atoms with van der Waals surface area (Å²) in [4.78, 5) is 28.1. The van der Waals surface area contributed by atoms with Crippen LogP contribution in [0.2, 0.25) is 0 Å². The van der Waals surface area contributed by atoms with Crippen molar-refractivity contribution in [3.63, 3.8) is 0 Å². The Hall–Kier alpha value is -1.73. The highest BCUT2D eigenvalue weighted by molar-refractivity contribution is 7.18. The predicted molar refractivity (Wildman–Crippen MR) is 103 cm³/mol. The van der Waals surface area contributed by atoms with Crippen molar-refractivity contribution in [3.8, 4) is 0 Å². The molecule has 2 N–H and O–H groups in total. The fraction of sp³-hybridized carbons (Fsp3) is 0.611. The van der Waals surface area contributed by atoms with Crippen molar-refractivity contribution in [2.75, 3.05) is 31.1 Å². The molecule has 0 aliphatic carbocycles. The third-order valence-electron chi connectivity index (χ3n) is 5.07. The number of aryl methyl sites for hydroxylation is 2. The summed E-state index contributed by atoms with van der Waals surface area (Å²) in [6.45, 7) is 11.0. The highest BCUT2D eigenvalue weighted by Crippen LogP contribution is 2.36. The Morgan fingerprint density at radius 1 is 1.40 bits per heavy atom. The van der Waals surface area contributed by atoms with Gasteiger partial charge in [-0.3, -0.25) is 4.79 Å². The molecule has 1 fully saturated rings. The number of likely N-dealkylation sites (N-methyl/N-ethyl adjacent to an activating group) is 1. The number of nitrogens with two attached hydrogens (primary N) is 1. The monoisotopic (exact) mass is 361 g/mol. The lowest BCUT2D eigenvalue weighted by Gasteiger charge is -2.27. The minimum Gasteiger partial charge on any atom is -0.354 e. The SMILES string of the molecule is CCN(C(C)=O)[C@@H]1CCN(c2nc(CCN)nc3sc(C)c(C)c23)C1. The average Bonchev–Trinajstić information content (AvgIpc) is 3.14. The third-order valence-corrected chi connectivity index (χ3v) is 6.17. The minimum absolute atomic E-state index is 0.147. The molecule has 1 saturated heterocycles. The van der Waals surface area contributed by atoms with Gasteiger partial charge in [-0.15, -0.1) is 11.3 Å². The summed E-state index contributed by atoms with van der Waals surface area (Å²) in [5, 5.41) is 1.16. The number of amides is 1. The molecular weight excluding hydrogens is 334 g/mol. The first kappa shape index (κ1) is 18.1. The largest absolute Gasteiger partial charge is 0.354 e. The van der Waals surface area contributed by atoms with Gasteiger partial charge < -0.3 is 15.5 Å². The summed E-state index contributed by atoms with van der Waals surface area (Å²) >= 11 is 1.73. The van der Waals surface area contributed by atoms with E-state index >= 15 is 0 Å². The molecule has 6 nitrogen and oxygen atoms in total. The molecule has 2 aromatic heterocycles. The second kappa shape index (κ2) is 7.25. The van der Waals surface area contributed by atoms with Crippen molar-refractivity contribution in [2.24, 2.45) is 5.73 Å². The number of nitrogens with zero attached hydrogens (tertiary/aromatic N) is 4. The molecule has 3 rings (SSSR count). The number of hydrogen-bond acceptors (Lipinski definition) is 6. The Morgan fingerprint density at radius 2 is 2.16 bits per heavy atom. The second-order valence-corrected chi connectivity index (χ2v) is 7.86. The lowest BCUT2D eigenvalue weighted by Crippen LogP contribution is -2.40. The molecule has 0 spiro atoms. The Balaban J connectivity index is 1.99. The standard InChI is InChI=1S/C18H27N5OS/c1-5-23(13(4)24)14-7-9-22(10-14)17-16-11(2)12(3)25-18(16)21-15(20-17)6-8-19/h14H,5-10,19H2,1-4H3/t14-/m1/s1. The molecule has 1 amide bonds. The van der Waals surface area contributed by atoms with Gasteiger partial charge in [0.25, 0.3) is 0 Å². The lowest BCUT2D eigenvalue weighted by molar-refractivity contribution is -0.130. The zero-order valence-electron chi connectivity index (χ0n) is 15.5. The van der Waals surface area contributed by atoms with Gasteiger partial charge in [0.15, 0.2) is 0 Å². The van der Waals surface area contributed by atoms with Crippen molar-refractivity contribution in [1.82, 2.24) is 14.9 Å². The summed E-state index contributed by atoms with van der Waals surface area (Å²) in [6, 6.07) is 0.255. The van der Waals surface area contributed by atoms with Crippen LogP contribution in [0.4, 0.5) is 5.82 Å². The van der Waals surface area contributed by atoms with E-state index in [-0.39, 0.29) is 11.9 Å². The summed E-state index contributed by atoms with van der Waals surface area (Å²) in [7, 11) is 0. The van der Waals surface area contributed by atoms with Crippen LogP contribution in [-0.4, -0.2) is 53.0 Å². The van der Waals surface area contributed by atoms with E-state index in [0.717, 1.165) is 47.9 Å². The topological polar surface area (TPSA) is 75.4 Å². The summed E-state index contributed by atoms with van der Waals surface area (Å²) in [6.07, 6.45) is 1.66. The van der Waals surface area contributed by atoms with Crippen LogP contribution in [-0.2, 0) is 11.2 Å². The normalized spacial score (nSPS) is 17.5. The molecule has 0 aromatic carbocycles. The Morgan fingerprint density at radius 3 is 2.80 bits per heavy atom. The zero-order valence-corrected chi connectivity index (χ0v) is 16.3. The van der Waals surface area contributed by atoms with Crippen LogP contribution >= 0.6 is 11.3 Å². The van der Waals surface area contributed by atoms with Crippen LogP contribution in [0, 0.1) is 13.8 Å². The third kappa shape index (κ3) is 3.35. The van der Waals surface area contributed by atoms with Gasteiger partial charge >= 0.3 is 0 Å². The number of carbonyl (C=O) groups excluding carboxylic acids is 1. The van der Waals surface area contributed by atoms with Crippen molar-refractivity contribution in [3.05, 3.63) is 16.3 Å². The highest BCUT2D eigenvalue weighted by atomic mass is 32.1. The van der Waals surface area contributed by atoms with Crippen LogP contribution in [0.15, 0.2) is 0 Å². The van der Waals surface area contributed by atoms with Gasteiger partial charge in [-0.25, -0.2) is 9.97 Å². The van der Waals surface area contributed by atoms with Gasteiger partial charge in [0.1, 0.15) is 16.5 Å². The van der Waals surface area contributed by atoms with Gasteiger partial charge in [-0.2, -0.15) is 0 Å².